The third kappa shape index (κ3) is 4.18. The molecule has 1 aliphatic heterocycles. The van der Waals surface area contributed by atoms with Crippen molar-refractivity contribution in [2.24, 2.45) is 5.92 Å². The van der Waals surface area contributed by atoms with E-state index in [1.807, 2.05) is 0 Å². The molecule has 1 fully saturated rings. The summed E-state index contributed by atoms with van der Waals surface area (Å²) < 4.78 is 10.9. The number of methoxy groups -OCH3 is 1. The van der Waals surface area contributed by atoms with Gasteiger partial charge in [-0.15, -0.1) is 0 Å². The average molecular weight is 343 g/mol. The zero-order valence-electron chi connectivity index (χ0n) is 11.5. The Kier molecular flexibility index (Phi) is 5.79. The third-order valence-electron chi connectivity index (χ3n) is 3.45. The van der Waals surface area contributed by atoms with E-state index in [0.29, 0.717) is 17.3 Å². The van der Waals surface area contributed by atoms with Gasteiger partial charge in [-0.3, -0.25) is 0 Å². The van der Waals surface area contributed by atoms with Crippen molar-refractivity contribution in [3.05, 3.63) is 22.3 Å². The van der Waals surface area contributed by atoms with Crippen LogP contribution < -0.4 is 5.32 Å². The van der Waals surface area contributed by atoms with Gasteiger partial charge in [-0.1, -0.05) is 0 Å². The lowest BCUT2D eigenvalue weighted by Crippen LogP contribution is -2.19. The van der Waals surface area contributed by atoms with Crippen molar-refractivity contribution in [1.29, 1.82) is 0 Å². The van der Waals surface area contributed by atoms with E-state index in [1.165, 1.54) is 7.11 Å². The van der Waals surface area contributed by atoms with Crippen LogP contribution >= 0.6 is 15.9 Å². The van der Waals surface area contributed by atoms with E-state index in [0.717, 1.165) is 43.5 Å². The van der Waals surface area contributed by atoms with Crippen LogP contribution in [0.15, 0.2) is 16.7 Å². The van der Waals surface area contributed by atoms with Gasteiger partial charge in [0.1, 0.15) is 11.4 Å². The number of carbonyl (C=O) groups excluding carboxylic acids is 1. The molecule has 1 N–H and O–H groups in total. The summed E-state index contributed by atoms with van der Waals surface area (Å²) in [6.45, 7) is 2.51. The van der Waals surface area contributed by atoms with Gasteiger partial charge >= 0.3 is 5.97 Å². The first-order chi connectivity index (χ1) is 9.70. The van der Waals surface area contributed by atoms with E-state index in [4.69, 9.17) is 9.47 Å². The zero-order valence-corrected chi connectivity index (χ0v) is 13.1. The van der Waals surface area contributed by atoms with Gasteiger partial charge < -0.3 is 14.8 Å². The second kappa shape index (κ2) is 7.59. The zero-order chi connectivity index (χ0) is 14.4. The molecule has 1 aliphatic rings. The fourth-order valence-corrected chi connectivity index (χ4v) is 2.61. The van der Waals surface area contributed by atoms with Gasteiger partial charge in [0.05, 0.1) is 7.11 Å². The van der Waals surface area contributed by atoms with Crippen LogP contribution in [0.4, 0.5) is 5.82 Å². The number of pyridine rings is 1. The van der Waals surface area contributed by atoms with Crippen LogP contribution in [-0.2, 0) is 9.47 Å². The molecule has 0 spiro atoms. The van der Waals surface area contributed by atoms with Crippen LogP contribution in [0.1, 0.15) is 29.6 Å². The first-order valence-electron chi connectivity index (χ1n) is 6.76. The Morgan fingerprint density at radius 2 is 2.30 bits per heavy atom. The minimum Gasteiger partial charge on any atom is -0.465 e. The maximum atomic E-state index is 11.7. The van der Waals surface area contributed by atoms with Gasteiger partial charge in [-0.25, -0.2) is 9.78 Å². The average Bonchev–Trinajstić information content (AvgIpc) is 2.49. The fourth-order valence-electron chi connectivity index (χ4n) is 2.28. The minimum atomic E-state index is -0.382. The summed E-state index contributed by atoms with van der Waals surface area (Å²) >= 11 is 3.31. The molecule has 2 heterocycles. The van der Waals surface area contributed by atoms with Crippen LogP contribution in [0.2, 0.25) is 0 Å². The number of halogens is 1. The molecule has 0 amide bonds. The summed E-state index contributed by atoms with van der Waals surface area (Å²) in [4.78, 5) is 16.0. The van der Waals surface area contributed by atoms with Crippen molar-refractivity contribution in [3.8, 4) is 0 Å². The SMILES string of the molecule is COC(=O)c1cc(Br)cnc1NCCC1CCOCC1. The first kappa shape index (κ1) is 15.3. The number of anilines is 1. The molecule has 2 rings (SSSR count). The quantitative estimate of drug-likeness (QED) is 0.833. The van der Waals surface area contributed by atoms with E-state index in [1.54, 1.807) is 12.3 Å². The molecule has 0 aliphatic carbocycles. The van der Waals surface area contributed by atoms with Crippen LogP contribution in [0.5, 0.6) is 0 Å². The summed E-state index contributed by atoms with van der Waals surface area (Å²) in [5.74, 6) is 0.882. The lowest BCUT2D eigenvalue weighted by atomic mass is 9.97. The highest BCUT2D eigenvalue weighted by molar-refractivity contribution is 9.10. The molecule has 110 valence electrons. The van der Waals surface area contributed by atoms with E-state index in [9.17, 15) is 4.79 Å². The van der Waals surface area contributed by atoms with Gasteiger partial charge in [-0.2, -0.15) is 0 Å². The van der Waals surface area contributed by atoms with Crippen molar-refractivity contribution >= 4 is 27.7 Å². The second-order valence-corrected chi connectivity index (χ2v) is 5.73. The highest BCUT2D eigenvalue weighted by atomic mass is 79.9. The molecule has 1 aromatic rings. The van der Waals surface area contributed by atoms with E-state index in [2.05, 4.69) is 26.2 Å². The summed E-state index contributed by atoms with van der Waals surface area (Å²) in [6, 6.07) is 1.72. The molecule has 1 aromatic heterocycles. The molecule has 0 bridgehead atoms. The van der Waals surface area contributed by atoms with Gasteiger partial charge in [0.15, 0.2) is 0 Å². The molecule has 0 atom stereocenters. The Bertz CT molecular complexity index is 462. The van der Waals surface area contributed by atoms with Gasteiger partial charge in [0.25, 0.3) is 0 Å². The van der Waals surface area contributed by atoms with Gasteiger partial charge in [0, 0.05) is 30.4 Å². The lowest BCUT2D eigenvalue weighted by Gasteiger charge is -2.22. The number of carbonyl (C=O) groups is 1. The number of nitrogens with zero attached hydrogens (tertiary/aromatic N) is 1. The molecule has 6 heteroatoms. The first-order valence-corrected chi connectivity index (χ1v) is 7.55. The Hall–Kier alpha value is -1.14. The number of esters is 1. The van der Waals surface area contributed by atoms with Crippen LogP contribution in [0, 0.1) is 5.92 Å². The smallest absolute Gasteiger partial charge is 0.341 e. The van der Waals surface area contributed by atoms with E-state index < -0.39 is 0 Å². The van der Waals surface area contributed by atoms with Crippen LogP contribution in [0.3, 0.4) is 0 Å². The third-order valence-corrected chi connectivity index (χ3v) is 3.88. The van der Waals surface area contributed by atoms with Crippen molar-refractivity contribution in [1.82, 2.24) is 4.98 Å². The maximum absolute atomic E-state index is 11.7. The highest BCUT2D eigenvalue weighted by Gasteiger charge is 2.16. The molecular weight excluding hydrogens is 324 g/mol. The topological polar surface area (TPSA) is 60.5 Å². The normalized spacial score (nSPS) is 15.9. The molecule has 1 saturated heterocycles. The van der Waals surface area contributed by atoms with Crippen molar-refractivity contribution < 1.29 is 14.3 Å². The Morgan fingerprint density at radius 3 is 3.00 bits per heavy atom. The predicted octanol–water partition coefficient (Wildman–Crippen LogP) is 2.86. The summed E-state index contributed by atoms with van der Waals surface area (Å²) in [6.07, 6.45) is 4.95. The number of hydrogen-bond acceptors (Lipinski definition) is 5. The number of ether oxygens (including phenoxy) is 2. The van der Waals surface area contributed by atoms with Crippen LogP contribution in [-0.4, -0.2) is 37.8 Å². The standard InChI is InChI=1S/C14H19BrN2O3/c1-19-14(18)12-8-11(15)9-17-13(12)16-5-2-10-3-6-20-7-4-10/h8-10H,2-7H2,1H3,(H,16,17). The van der Waals surface area contributed by atoms with Crippen molar-refractivity contribution in [2.75, 3.05) is 32.2 Å². The molecular formula is C14H19BrN2O3. The molecule has 20 heavy (non-hydrogen) atoms. The summed E-state index contributed by atoms with van der Waals surface area (Å²) in [7, 11) is 1.37. The molecule has 5 nitrogen and oxygen atoms in total. The Balaban J connectivity index is 1.92. The second-order valence-electron chi connectivity index (χ2n) is 4.81. The number of hydrogen-bond donors (Lipinski definition) is 1. The summed E-state index contributed by atoms with van der Waals surface area (Å²) in [5, 5.41) is 3.23. The van der Waals surface area contributed by atoms with Crippen molar-refractivity contribution in [2.45, 2.75) is 19.3 Å². The molecule has 0 radical (unpaired) electrons. The van der Waals surface area contributed by atoms with E-state index in [-0.39, 0.29) is 5.97 Å². The van der Waals surface area contributed by atoms with Gasteiger partial charge in [-0.05, 0) is 47.2 Å². The number of aromatic nitrogens is 1. The molecule has 0 aromatic carbocycles. The monoisotopic (exact) mass is 342 g/mol. The van der Waals surface area contributed by atoms with Gasteiger partial charge in [0.2, 0.25) is 0 Å². The Morgan fingerprint density at radius 1 is 1.55 bits per heavy atom. The molecule has 0 saturated carbocycles. The molecule has 0 unspecified atom stereocenters. The highest BCUT2D eigenvalue weighted by Crippen LogP contribution is 2.21. The largest absolute Gasteiger partial charge is 0.465 e. The predicted molar refractivity (Wildman–Crippen MR) is 79.9 cm³/mol. The number of nitrogens with one attached hydrogen (secondary N) is 1. The Labute approximate surface area is 127 Å². The minimum absolute atomic E-state index is 0.382. The van der Waals surface area contributed by atoms with Crippen molar-refractivity contribution in [3.63, 3.8) is 0 Å². The summed E-state index contributed by atoms with van der Waals surface area (Å²) in [5.41, 5.74) is 0.453. The lowest BCUT2D eigenvalue weighted by molar-refractivity contribution is 0.0601. The number of rotatable bonds is 5. The van der Waals surface area contributed by atoms with Crippen LogP contribution in [0.25, 0.3) is 0 Å². The van der Waals surface area contributed by atoms with E-state index >= 15 is 0 Å². The fraction of sp³-hybridized carbons (Fsp3) is 0.571. The maximum Gasteiger partial charge on any atom is 0.341 e.